The van der Waals surface area contributed by atoms with Crippen LogP contribution in [0.2, 0.25) is 0 Å². The Morgan fingerprint density at radius 3 is 2.23 bits per heavy atom. The summed E-state index contributed by atoms with van der Waals surface area (Å²) in [5, 5.41) is 10.5. The number of hydrogen-bond donors (Lipinski definition) is 1. The quantitative estimate of drug-likeness (QED) is 0.722. The molecule has 154 valence electrons. The van der Waals surface area contributed by atoms with Crippen molar-refractivity contribution >= 4 is 0 Å². The summed E-state index contributed by atoms with van der Waals surface area (Å²) >= 11 is 0. The predicted octanol–water partition coefficient (Wildman–Crippen LogP) is 4.35. The molecule has 0 aromatic carbocycles. The van der Waals surface area contributed by atoms with Gasteiger partial charge in [-0.15, -0.1) is 0 Å². The number of halogens is 1. The van der Waals surface area contributed by atoms with Gasteiger partial charge in [0.05, 0.1) is 6.10 Å². The van der Waals surface area contributed by atoms with E-state index in [0.717, 1.165) is 64.8 Å². The molecule has 0 saturated carbocycles. The van der Waals surface area contributed by atoms with Crippen molar-refractivity contribution in [3.05, 3.63) is 0 Å². The number of hydrogen-bond acceptors (Lipinski definition) is 3. The monoisotopic (exact) mass is 370 g/mol. The molecule has 0 amide bonds. The minimum Gasteiger partial charge on any atom is -0.393 e. The second-order valence-electron chi connectivity index (χ2n) is 10.9. The molecule has 2 aliphatic heterocycles. The fraction of sp³-hybridized carbons (Fsp3) is 1.00. The molecule has 2 saturated heterocycles. The van der Waals surface area contributed by atoms with E-state index >= 15 is 0 Å². The number of nitrogens with zero attached hydrogens (tertiary/aromatic N) is 2. The fourth-order valence-electron chi connectivity index (χ4n) is 4.47. The van der Waals surface area contributed by atoms with Gasteiger partial charge in [-0.05, 0) is 74.9 Å². The Kier molecular flexibility index (Phi) is 7.94. The Morgan fingerprint density at radius 1 is 0.923 bits per heavy atom. The third-order valence-electron chi connectivity index (χ3n) is 6.32. The van der Waals surface area contributed by atoms with Crippen molar-refractivity contribution in [2.24, 2.45) is 16.7 Å². The Labute approximate surface area is 161 Å². The van der Waals surface area contributed by atoms with E-state index in [0.29, 0.717) is 17.9 Å². The summed E-state index contributed by atoms with van der Waals surface area (Å²) in [5.41, 5.74) is 0.565. The molecule has 0 aromatic rings. The smallest absolute Gasteiger partial charge is 0.113 e. The van der Waals surface area contributed by atoms with Gasteiger partial charge in [-0.25, -0.2) is 4.39 Å². The number of aliphatic hydroxyl groups excluding tert-OH is 1. The molecule has 0 aliphatic carbocycles. The van der Waals surface area contributed by atoms with Crippen LogP contribution in [0.3, 0.4) is 0 Å². The second kappa shape index (κ2) is 9.34. The van der Waals surface area contributed by atoms with Gasteiger partial charge < -0.3 is 14.9 Å². The molecule has 0 spiro atoms. The van der Waals surface area contributed by atoms with Crippen LogP contribution in [0, 0.1) is 16.7 Å². The largest absolute Gasteiger partial charge is 0.393 e. The predicted molar refractivity (Wildman–Crippen MR) is 108 cm³/mol. The third-order valence-corrected chi connectivity index (χ3v) is 6.32. The Hall–Kier alpha value is -0.190. The summed E-state index contributed by atoms with van der Waals surface area (Å²) in [6.07, 6.45) is 5.19. The lowest BCUT2D eigenvalue weighted by Gasteiger charge is -2.41. The topological polar surface area (TPSA) is 26.7 Å². The lowest BCUT2D eigenvalue weighted by atomic mass is 9.76. The minimum atomic E-state index is -0.636. The first-order chi connectivity index (χ1) is 12.0. The van der Waals surface area contributed by atoms with Crippen molar-refractivity contribution in [3.8, 4) is 0 Å². The van der Waals surface area contributed by atoms with Crippen LogP contribution in [0.1, 0.15) is 73.1 Å². The van der Waals surface area contributed by atoms with Crippen LogP contribution < -0.4 is 0 Å². The van der Waals surface area contributed by atoms with E-state index in [9.17, 15) is 9.50 Å². The molecule has 0 aromatic heterocycles. The summed E-state index contributed by atoms with van der Waals surface area (Å²) in [5.74, 6) is 0.369. The first-order valence-electron chi connectivity index (χ1n) is 10.8. The van der Waals surface area contributed by atoms with Gasteiger partial charge in [-0.1, -0.05) is 34.6 Å². The van der Waals surface area contributed by atoms with Gasteiger partial charge in [-0.2, -0.15) is 0 Å². The Bertz CT molecular complexity index is 421. The molecule has 26 heavy (non-hydrogen) atoms. The van der Waals surface area contributed by atoms with Gasteiger partial charge in [-0.3, -0.25) is 0 Å². The molecule has 3 atom stereocenters. The van der Waals surface area contributed by atoms with Gasteiger partial charge >= 0.3 is 0 Å². The molecule has 2 aliphatic rings. The second-order valence-corrected chi connectivity index (χ2v) is 10.9. The highest BCUT2D eigenvalue weighted by Crippen LogP contribution is 2.34. The van der Waals surface area contributed by atoms with Crippen molar-refractivity contribution in [1.82, 2.24) is 9.80 Å². The molecule has 2 fully saturated rings. The zero-order valence-electron chi connectivity index (χ0n) is 17.9. The van der Waals surface area contributed by atoms with E-state index in [2.05, 4.69) is 44.4 Å². The molecule has 3 unspecified atom stereocenters. The van der Waals surface area contributed by atoms with Gasteiger partial charge in [0.15, 0.2) is 0 Å². The van der Waals surface area contributed by atoms with Crippen molar-refractivity contribution in [1.29, 1.82) is 0 Å². The molecule has 1 N–H and O–H groups in total. The van der Waals surface area contributed by atoms with E-state index in [1.54, 1.807) is 0 Å². The highest BCUT2D eigenvalue weighted by molar-refractivity contribution is 4.86. The molecule has 4 heteroatoms. The van der Waals surface area contributed by atoms with Gasteiger partial charge in [0.25, 0.3) is 0 Å². The van der Waals surface area contributed by atoms with E-state index in [1.165, 1.54) is 6.42 Å². The van der Waals surface area contributed by atoms with Crippen molar-refractivity contribution in [3.63, 3.8) is 0 Å². The lowest BCUT2D eigenvalue weighted by molar-refractivity contribution is 0.000786. The summed E-state index contributed by atoms with van der Waals surface area (Å²) in [6.45, 7) is 17.4. The maximum Gasteiger partial charge on any atom is 0.113 e. The fourth-order valence-corrected chi connectivity index (χ4v) is 4.47. The van der Waals surface area contributed by atoms with Crippen LogP contribution in [0.5, 0.6) is 0 Å². The van der Waals surface area contributed by atoms with Gasteiger partial charge in [0.2, 0.25) is 0 Å². The van der Waals surface area contributed by atoms with Crippen molar-refractivity contribution in [2.75, 3.05) is 39.3 Å². The molecular weight excluding hydrogens is 327 g/mol. The maximum absolute atomic E-state index is 13.6. The van der Waals surface area contributed by atoms with Crippen LogP contribution in [0.25, 0.3) is 0 Å². The zero-order chi connectivity index (χ0) is 19.4. The molecule has 2 rings (SSSR count). The van der Waals surface area contributed by atoms with Crippen LogP contribution in [0.4, 0.5) is 4.39 Å². The number of piperidine rings is 2. The van der Waals surface area contributed by atoms with Crippen LogP contribution in [-0.4, -0.2) is 66.5 Å². The maximum atomic E-state index is 13.6. The first-order valence-corrected chi connectivity index (χ1v) is 10.8. The van der Waals surface area contributed by atoms with E-state index < -0.39 is 6.17 Å². The summed E-state index contributed by atoms with van der Waals surface area (Å²) in [4.78, 5) is 4.85. The SMILES string of the molecule is CC(C)(C)CCN1CCC(O)C(CC(C)(C)CCN2CCCC(F)C2)C1. The van der Waals surface area contributed by atoms with E-state index in [4.69, 9.17) is 0 Å². The summed E-state index contributed by atoms with van der Waals surface area (Å²) < 4.78 is 13.6. The van der Waals surface area contributed by atoms with Crippen LogP contribution in [0.15, 0.2) is 0 Å². The zero-order valence-corrected chi connectivity index (χ0v) is 17.9. The molecular formula is C22H43FN2O. The third kappa shape index (κ3) is 7.82. The molecule has 0 bridgehead atoms. The van der Waals surface area contributed by atoms with Crippen molar-refractivity contribution < 1.29 is 9.50 Å². The minimum absolute atomic E-state index is 0.162. The highest BCUT2D eigenvalue weighted by Gasteiger charge is 2.33. The average molecular weight is 371 g/mol. The lowest BCUT2D eigenvalue weighted by Crippen LogP contribution is -2.46. The van der Waals surface area contributed by atoms with Gasteiger partial charge in [0, 0.05) is 19.6 Å². The number of aliphatic hydroxyl groups is 1. The summed E-state index contributed by atoms with van der Waals surface area (Å²) in [6, 6.07) is 0. The Morgan fingerprint density at radius 2 is 1.58 bits per heavy atom. The van der Waals surface area contributed by atoms with E-state index in [-0.39, 0.29) is 11.5 Å². The Balaban J connectivity index is 1.79. The van der Waals surface area contributed by atoms with Crippen LogP contribution >= 0.6 is 0 Å². The molecule has 0 radical (unpaired) electrons. The molecule has 2 heterocycles. The number of alkyl halides is 1. The summed E-state index contributed by atoms with van der Waals surface area (Å²) in [7, 11) is 0. The molecule has 3 nitrogen and oxygen atoms in total. The van der Waals surface area contributed by atoms with Crippen LogP contribution in [-0.2, 0) is 0 Å². The highest BCUT2D eigenvalue weighted by atomic mass is 19.1. The number of rotatable bonds is 7. The van der Waals surface area contributed by atoms with Crippen molar-refractivity contribution in [2.45, 2.75) is 85.4 Å². The standard InChI is InChI=1S/C22H43FN2O/c1-21(2,3)9-13-25-12-8-20(26)18(16-25)15-22(4,5)10-14-24-11-6-7-19(23)17-24/h18-20,26H,6-17H2,1-5H3. The van der Waals surface area contributed by atoms with Gasteiger partial charge in [0.1, 0.15) is 6.17 Å². The normalized spacial score (nSPS) is 29.9. The number of likely N-dealkylation sites (tertiary alicyclic amines) is 2. The first kappa shape index (κ1) is 22.1. The van der Waals surface area contributed by atoms with E-state index in [1.807, 2.05) is 0 Å². The average Bonchev–Trinajstić information content (AvgIpc) is 2.53.